The highest BCUT2D eigenvalue weighted by atomic mass is 19.4. The van der Waals surface area contributed by atoms with Crippen LogP contribution >= 0.6 is 0 Å². The molecule has 122 valence electrons. The summed E-state index contributed by atoms with van der Waals surface area (Å²) in [5.41, 5.74) is 0.228. The van der Waals surface area contributed by atoms with Crippen molar-refractivity contribution < 1.29 is 22.7 Å². The number of nitrogens with zero attached hydrogens (tertiary/aromatic N) is 2. The fourth-order valence-corrected chi connectivity index (χ4v) is 2.86. The number of ether oxygens (including phenoxy) is 1. The number of carbonyl (C=O) groups is 1. The van der Waals surface area contributed by atoms with E-state index in [2.05, 4.69) is 0 Å². The number of benzene rings is 1. The van der Waals surface area contributed by atoms with Gasteiger partial charge in [0, 0.05) is 13.1 Å². The summed E-state index contributed by atoms with van der Waals surface area (Å²) in [6.07, 6.45) is -5.45. The molecule has 1 saturated heterocycles. The van der Waals surface area contributed by atoms with Crippen LogP contribution in [0.5, 0.6) is 5.75 Å². The molecule has 1 saturated carbocycles. The lowest BCUT2D eigenvalue weighted by molar-refractivity contribution is -0.189. The molecule has 23 heavy (non-hydrogen) atoms. The number of nitriles is 1. The summed E-state index contributed by atoms with van der Waals surface area (Å²) in [6, 6.07) is 5.79. The van der Waals surface area contributed by atoms with E-state index < -0.39 is 12.3 Å². The fraction of sp³-hybridized carbons (Fsp3) is 0.500. The number of amides is 1. The van der Waals surface area contributed by atoms with Gasteiger partial charge in [-0.3, -0.25) is 4.79 Å². The Morgan fingerprint density at radius 3 is 2.61 bits per heavy atom. The van der Waals surface area contributed by atoms with Gasteiger partial charge in [0.1, 0.15) is 5.75 Å². The zero-order chi connectivity index (χ0) is 16.8. The van der Waals surface area contributed by atoms with Gasteiger partial charge in [-0.1, -0.05) is 0 Å². The lowest BCUT2D eigenvalue weighted by atomic mass is 10.1. The van der Waals surface area contributed by atoms with Crippen molar-refractivity contribution in [2.24, 2.45) is 11.8 Å². The van der Waals surface area contributed by atoms with Crippen molar-refractivity contribution in [3.05, 3.63) is 29.3 Å². The molecule has 0 N–H and O–H groups in total. The van der Waals surface area contributed by atoms with Crippen LogP contribution in [0.4, 0.5) is 13.2 Å². The standard InChI is InChI=1S/C16H15F3N2O2/c1-9(16(17,18)19)23-14-3-2-10(6-20)4-13(14)15(22)21-7-11-5-12(11)8-21/h2-4,9,11-12H,5,7-8H2,1H3. The number of halogens is 3. The molecule has 0 bridgehead atoms. The SMILES string of the molecule is CC(Oc1ccc(C#N)cc1C(=O)N1CC2CC2C1)C(F)(F)F. The monoisotopic (exact) mass is 324 g/mol. The van der Waals surface area contributed by atoms with E-state index in [4.69, 9.17) is 10.00 Å². The van der Waals surface area contributed by atoms with E-state index in [0.29, 0.717) is 24.9 Å². The Morgan fingerprint density at radius 1 is 1.39 bits per heavy atom. The smallest absolute Gasteiger partial charge is 0.425 e. The number of hydrogen-bond donors (Lipinski definition) is 0. The summed E-state index contributed by atoms with van der Waals surface area (Å²) in [5, 5.41) is 8.96. The Morgan fingerprint density at radius 2 is 2.04 bits per heavy atom. The summed E-state index contributed by atoms with van der Waals surface area (Å²) in [5.74, 6) is 0.506. The summed E-state index contributed by atoms with van der Waals surface area (Å²) < 4.78 is 43.0. The van der Waals surface area contributed by atoms with Crippen LogP contribution in [0, 0.1) is 23.2 Å². The Kier molecular flexibility index (Phi) is 3.71. The van der Waals surface area contributed by atoms with E-state index in [9.17, 15) is 18.0 Å². The highest BCUT2D eigenvalue weighted by Crippen LogP contribution is 2.45. The fourth-order valence-electron chi connectivity index (χ4n) is 2.86. The highest BCUT2D eigenvalue weighted by Gasteiger charge is 2.47. The van der Waals surface area contributed by atoms with Crippen molar-refractivity contribution >= 4 is 5.91 Å². The Bertz CT molecular complexity index is 671. The molecule has 3 rings (SSSR count). The molecule has 0 radical (unpaired) electrons. The third-order valence-electron chi connectivity index (χ3n) is 4.37. The highest BCUT2D eigenvalue weighted by molar-refractivity contribution is 5.97. The third kappa shape index (κ3) is 3.11. The molecule has 1 amide bonds. The number of piperidine rings is 1. The van der Waals surface area contributed by atoms with Gasteiger partial charge in [-0.2, -0.15) is 18.4 Å². The first-order valence-corrected chi connectivity index (χ1v) is 7.36. The molecular weight excluding hydrogens is 309 g/mol. The van der Waals surface area contributed by atoms with Crippen LogP contribution in [0.1, 0.15) is 29.3 Å². The first kappa shape index (κ1) is 15.7. The van der Waals surface area contributed by atoms with Gasteiger partial charge in [0.05, 0.1) is 17.2 Å². The zero-order valence-electron chi connectivity index (χ0n) is 12.4. The van der Waals surface area contributed by atoms with Crippen LogP contribution < -0.4 is 4.74 Å². The zero-order valence-corrected chi connectivity index (χ0v) is 12.4. The van der Waals surface area contributed by atoms with Crippen molar-refractivity contribution in [2.45, 2.75) is 25.6 Å². The minimum absolute atomic E-state index is 0.0152. The molecule has 2 fully saturated rings. The number of fused-ring (bicyclic) bond motifs is 1. The van der Waals surface area contributed by atoms with Crippen LogP contribution in [-0.4, -0.2) is 36.2 Å². The quantitative estimate of drug-likeness (QED) is 0.859. The molecule has 4 nitrogen and oxygen atoms in total. The van der Waals surface area contributed by atoms with Crippen molar-refractivity contribution in [3.63, 3.8) is 0 Å². The molecule has 1 heterocycles. The van der Waals surface area contributed by atoms with E-state index in [-0.39, 0.29) is 22.8 Å². The van der Waals surface area contributed by atoms with Gasteiger partial charge in [0.25, 0.3) is 5.91 Å². The number of rotatable bonds is 3. The molecule has 0 aromatic heterocycles. The number of hydrogen-bond acceptors (Lipinski definition) is 3. The summed E-state index contributed by atoms with van der Waals surface area (Å²) >= 11 is 0. The molecule has 1 aromatic carbocycles. The molecule has 0 spiro atoms. The maximum Gasteiger partial charge on any atom is 0.425 e. The van der Waals surface area contributed by atoms with E-state index >= 15 is 0 Å². The van der Waals surface area contributed by atoms with E-state index in [1.54, 1.807) is 4.90 Å². The molecule has 1 aliphatic carbocycles. The Hall–Kier alpha value is -2.23. The van der Waals surface area contributed by atoms with Gasteiger partial charge in [0.2, 0.25) is 0 Å². The summed E-state index contributed by atoms with van der Waals surface area (Å²) in [6.45, 7) is 2.13. The van der Waals surface area contributed by atoms with Gasteiger partial charge in [-0.05, 0) is 43.4 Å². The van der Waals surface area contributed by atoms with Crippen LogP contribution in [0.3, 0.4) is 0 Å². The van der Waals surface area contributed by atoms with Crippen LogP contribution in [-0.2, 0) is 0 Å². The minimum Gasteiger partial charge on any atom is -0.480 e. The van der Waals surface area contributed by atoms with Crippen molar-refractivity contribution in [2.75, 3.05) is 13.1 Å². The van der Waals surface area contributed by atoms with Crippen LogP contribution in [0.2, 0.25) is 0 Å². The van der Waals surface area contributed by atoms with Gasteiger partial charge < -0.3 is 9.64 Å². The number of carbonyl (C=O) groups excluding carboxylic acids is 1. The lowest BCUT2D eigenvalue weighted by Gasteiger charge is -2.22. The molecule has 7 heteroatoms. The second kappa shape index (κ2) is 5.44. The van der Waals surface area contributed by atoms with Gasteiger partial charge >= 0.3 is 6.18 Å². The topological polar surface area (TPSA) is 53.3 Å². The van der Waals surface area contributed by atoms with Crippen LogP contribution in [0.15, 0.2) is 18.2 Å². The average molecular weight is 324 g/mol. The van der Waals surface area contributed by atoms with Crippen LogP contribution in [0.25, 0.3) is 0 Å². The largest absolute Gasteiger partial charge is 0.480 e. The van der Waals surface area contributed by atoms with Crippen molar-refractivity contribution in [1.29, 1.82) is 5.26 Å². The Balaban J connectivity index is 1.87. The summed E-state index contributed by atoms with van der Waals surface area (Å²) in [4.78, 5) is 14.2. The predicted octanol–water partition coefficient (Wildman–Crippen LogP) is 2.98. The van der Waals surface area contributed by atoms with Gasteiger partial charge in [-0.15, -0.1) is 0 Å². The molecular formula is C16H15F3N2O2. The lowest BCUT2D eigenvalue weighted by Crippen LogP contribution is -2.34. The maximum atomic E-state index is 12.7. The van der Waals surface area contributed by atoms with Gasteiger partial charge in [0.15, 0.2) is 6.10 Å². The van der Waals surface area contributed by atoms with Crippen molar-refractivity contribution in [3.8, 4) is 11.8 Å². The maximum absolute atomic E-state index is 12.7. The van der Waals surface area contributed by atoms with E-state index in [0.717, 1.165) is 13.3 Å². The second-order valence-corrected chi connectivity index (χ2v) is 6.09. The normalized spacial score (nSPS) is 23.9. The molecule has 2 aliphatic rings. The number of likely N-dealkylation sites (tertiary alicyclic amines) is 1. The Labute approximate surface area is 131 Å². The average Bonchev–Trinajstić information content (AvgIpc) is 3.12. The summed E-state index contributed by atoms with van der Waals surface area (Å²) in [7, 11) is 0. The first-order chi connectivity index (χ1) is 10.8. The molecule has 1 aromatic rings. The second-order valence-electron chi connectivity index (χ2n) is 6.09. The van der Waals surface area contributed by atoms with Gasteiger partial charge in [-0.25, -0.2) is 0 Å². The molecule has 1 aliphatic heterocycles. The predicted molar refractivity (Wildman–Crippen MR) is 74.8 cm³/mol. The molecule has 3 atom stereocenters. The first-order valence-electron chi connectivity index (χ1n) is 7.36. The van der Waals surface area contributed by atoms with Crippen molar-refractivity contribution in [1.82, 2.24) is 4.90 Å². The molecule has 3 unspecified atom stereocenters. The van der Waals surface area contributed by atoms with E-state index in [1.807, 2.05) is 6.07 Å². The third-order valence-corrected chi connectivity index (χ3v) is 4.37. The number of alkyl halides is 3. The van der Waals surface area contributed by atoms with E-state index in [1.165, 1.54) is 18.2 Å². The minimum atomic E-state index is -4.52.